The SMILES string of the molecule is CCc1nccn1CC(=O)NCc1ccccc1. The number of hydrogen-bond donors (Lipinski definition) is 1. The van der Waals surface area contributed by atoms with Crippen molar-refractivity contribution in [2.75, 3.05) is 0 Å². The molecule has 18 heavy (non-hydrogen) atoms. The van der Waals surface area contributed by atoms with Gasteiger partial charge in [-0.2, -0.15) is 0 Å². The molecule has 0 saturated heterocycles. The van der Waals surface area contributed by atoms with Crippen LogP contribution in [-0.4, -0.2) is 15.5 Å². The highest BCUT2D eigenvalue weighted by atomic mass is 16.1. The van der Waals surface area contributed by atoms with Crippen molar-refractivity contribution in [1.82, 2.24) is 14.9 Å². The topological polar surface area (TPSA) is 46.9 Å². The van der Waals surface area contributed by atoms with Crippen LogP contribution >= 0.6 is 0 Å². The molecule has 4 heteroatoms. The number of carbonyl (C=O) groups is 1. The lowest BCUT2D eigenvalue weighted by molar-refractivity contribution is -0.121. The van der Waals surface area contributed by atoms with Crippen LogP contribution in [0, 0.1) is 0 Å². The molecule has 4 nitrogen and oxygen atoms in total. The first-order chi connectivity index (χ1) is 8.79. The third-order valence-electron chi connectivity index (χ3n) is 2.76. The van der Waals surface area contributed by atoms with Gasteiger partial charge < -0.3 is 9.88 Å². The zero-order chi connectivity index (χ0) is 12.8. The molecule has 2 rings (SSSR count). The Morgan fingerprint density at radius 3 is 2.83 bits per heavy atom. The van der Waals surface area contributed by atoms with Crippen molar-refractivity contribution < 1.29 is 4.79 Å². The molecule has 0 bridgehead atoms. The summed E-state index contributed by atoms with van der Waals surface area (Å²) >= 11 is 0. The number of carbonyl (C=O) groups excluding carboxylic acids is 1. The zero-order valence-corrected chi connectivity index (χ0v) is 10.5. The maximum Gasteiger partial charge on any atom is 0.240 e. The number of nitrogens with zero attached hydrogens (tertiary/aromatic N) is 2. The molecule has 0 aliphatic heterocycles. The van der Waals surface area contributed by atoms with E-state index >= 15 is 0 Å². The molecule has 1 aromatic carbocycles. The highest BCUT2D eigenvalue weighted by Gasteiger charge is 2.05. The minimum absolute atomic E-state index is 0.00607. The van der Waals surface area contributed by atoms with E-state index in [1.807, 2.05) is 48.0 Å². The van der Waals surface area contributed by atoms with Gasteiger partial charge >= 0.3 is 0 Å². The number of benzene rings is 1. The first-order valence-corrected chi connectivity index (χ1v) is 6.10. The van der Waals surface area contributed by atoms with Gasteiger partial charge in [0.25, 0.3) is 0 Å². The fourth-order valence-electron chi connectivity index (χ4n) is 1.81. The lowest BCUT2D eigenvalue weighted by Crippen LogP contribution is -2.27. The Balaban J connectivity index is 1.86. The van der Waals surface area contributed by atoms with Crippen LogP contribution in [0.5, 0.6) is 0 Å². The third kappa shape index (κ3) is 3.20. The fourth-order valence-corrected chi connectivity index (χ4v) is 1.81. The lowest BCUT2D eigenvalue weighted by atomic mass is 10.2. The van der Waals surface area contributed by atoms with Gasteiger partial charge in [-0.05, 0) is 5.56 Å². The smallest absolute Gasteiger partial charge is 0.240 e. The molecule has 2 aromatic rings. The molecule has 1 amide bonds. The van der Waals surface area contributed by atoms with Gasteiger partial charge in [0, 0.05) is 25.4 Å². The second kappa shape index (κ2) is 6.00. The van der Waals surface area contributed by atoms with Crippen LogP contribution in [0.4, 0.5) is 0 Å². The Kier molecular flexibility index (Phi) is 4.12. The minimum atomic E-state index is 0.00607. The monoisotopic (exact) mass is 243 g/mol. The number of imidazole rings is 1. The second-order valence-electron chi connectivity index (χ2n) is 4.09. The van der Waals surface area contributed by atoms with Crippen LogP contribution in [0.1, 0.15) is 18.3 Å². The van der Waals surface area contributed by atoms with Crippen LogP contribution in [-0.2, 0) is 24.3 Å². The van der Waals surface area contributed by atoms with Gasteiger partial charge in [-0.15, -0.1) is 0 Å². The van der Waals surface area contributed by atoms with E-state index in [0.29, 0.717) is 13.1 Å². The van der Waals surface area contributed by atoms with Crippen molar-refractivity contribution >= 4 is 5.91 Å². The normalized spacial score (nSPS) is 10.3. The summed E-state index contributed by atoms with van der Waals surface area (Å²) in [6, 6.07) is 9.88. The van der Waals surface area contributed by atoms with Gasteiger partial charge in [0.1, 0.15) is 12.4 Å². The average molecular weight is 243 g/mol. The van der Waals surface area contributed by atoms with Crippen molar-refractivity contribution in [3.8, 4) is 0 Å². The summed E-state index contributed by atoms with van der Waals surface area (Å²) in [4.78, 5) is 16.0. The summed E-state index contributed by atoms with van der Waals surface area (Å²) in [5.74, 6) is 0.941. The van der Waals surface area contributed by atoms with Crippen LogP contribution in [0.3, 0.4) is 0 Å². The average Bonchev–Trinajstić information content (AvgIpc) is 2.85. The van der Waals surface area contributed by atoms with Gasteiger partial charge in [-0.25, -0.2) is 4.98 Å². The maximum atomic E-state index is 11.8. The Morgan fingerprint density at radius 2 is 2.11 bits per heavy atom. The molecule has 1 aromatic heterocycles. The largest absolute Gasteiger partial charge is 0.350 e. The Morgan fingerprint density at radius 1 is 1.33 bits per heavy atom. The molecule has 0 aliphatic carbocycles. The van der Waals surface area contributed by atoms with Gasteiger partial charge in [0.15, 0.2) is 0 Å². The van der Waals surface area contributed by atoms with E-state index in [1.165, 1.54) is 0 Å². The number of aromatic nitrogens is 2. The fraction of sp³-hybridized carbons (Fsp3) is 0.286. The molecular formula is C14H17N3O. The standard InChI is InChI=1S/C14H17N3O/c1-2-13-15-8-9-17(13)11-14(18)16-10-12-6-4-3-5-7-12/h3-9H,2,10-11H2,1H3,(H,16,18). The molecule has 94 valence electrons. The van der Waals surface area contributed by atoms with Gasteiger partial charge in [-0.3, -0.25) is 4.79 Å². The van der Waals surface area contributed by atoms with Gasteiger partial charge in [0.05, 0.1) is 0 Å². The van der Waals surface area contributed by atoms with E-state index in [1.54, 1.807) is 6.20 Å². The van der Waals surface area contributed by atoms with E-state index < -0.39 is 0 Å². The van der Waals surface area contributed by atoms with Crippen molar-refractivity contribution in [2.45, 2.75) is 26.4 Å². The summed E-state index contributed by atoms with van der Waals surface area (Å²) in [7, 11) is 0. The molecule has 1 heterocycles. The summed E-state index contributed by atoms with van der Waals surface area (Å²) in [6.45, 7) is 2.92. The molecule has 1 N–H and O–H groups in total. The van der Waals surface area contributed by atoms with E-state index in [-0.39, 0.29) is 5.91 Å². The predicted molar refractivity (Wildman–Crippen MR) is 69.9 cm³/mol. The van der Waals surface area contributed by atoms with E-state index in [9.17, 15) is 4.79 Å². The molecule has 0 saturated carbocycles. The first-order valence-electron chi connectivity index (χ1n) is 6.10. The number of aryl methyl sites for hydroxylation is 1. The summed E-state index contributed by atoms with van der Waals surface area (Å²) in [6.07, 6.45) is 4.39. The minimum Gasteiger partial charge on any atom is -0.350 e. The highest BCUT2D eigenvalue weighted by molar-refractivity contribution is 5.75. The quantitative estimate of drug-likeness (QED) is 0.869. The van der Waals surface area contributed by atoms with E-state index in [4.69, 9.17) is 0 Å². The molecule has 0 fully saturated rings. The zero-order valence-electron chi connectivity index (χ0n) is 10.5. The predicted octanol–water partition coefficient (Wildman–Crippen LogP) is 1.76. The Labute approximate surface area is 107 Å². The molecule has 0 unspecified atom stereocenters. The van der Waals surface area contributed by atoms with Crippen LogP contribution in [0.25, 0.3) is 0 Å². The van der Waals surface area contributed by atoms with Crippen LogP contribution < -0.4 is 5.32 Å². The summed E-state index contributed by atoms with van der Waals surface area (Å²) in [5, 5.41) is 2.90. The summed E-state index contributed by atoms with van der Waals surface area (Å²) in [5.41, 5.74) is 1.10. The lowest BCUT2D eigenvalue weighted by Gasteiger charge is -2.08. The van der Waals surface area contributed by atoms with Gasteiger partial charge in [0.2, 0.25) is 5.91 Å². The summed E-state index contributed by atoms with van der Waals surface area (Å²) < 4.78 is 1.88. The van der Waals surface area contributed by atoms with Crippen molar-refractivity contribution in [1.29, 1.82) is 0 Å². The van der Waals surface area contributed by atoms with E-state index in [2.05, 4.69) is 10.3 Å². The van der Waals surface area contributed by atoms with E-state index in [0.717, 1.165) is 17.8 Å². The molecular weight excluding hydrogens is 226 g/mol. The molecule has 0 radical (unpaired) electrons. The van der Waals surface area contributed by atoms with Crippen LogP contribution in [0.2, 0.25) is 0 Å². The van der Waals surface area contributed by atoms with Crippen molar-refractivity contribution in [3.05, 3.63) is 54.1 Å². The molecule has 0 atom stereocenters. The molecule has 0 aliphatic rings. The Bertz CT molecular complexity index is 505. The maximum absolute atomic E-state index is 11.8. The first kappa shape index (κ1) is 12.4. The highest BCUT2D eigenvalue weighted by Crippen LogP contribution is 2.00. The number of hydrogen-bond acceptors (Lipinski definition) is 2. The Hall–Kier alpha value is -2.10. The van der Waals surface area contributed by atoms with Crippen LogP contribution in [0.15, 0.2) is 42.7 Å². The van der Waals surface area contributed by atoms with Crippen molar-refractivity contribution in [2.24, 2.45) is 0 Å². The second-order valence-corrected chi connectivity index (χ2v) is 4.09. The van der Waals surface area contributed by atoms with Crippen molar-refractivity contribution in [3.63, 3.8) is 0 Å². The third-order valence-corrected chi connectivity index (χ3v) is 2.76. The number of amides is 1. The molecule has 0 spiro atoms. The number of nitrogens with one attached hydrogen (secondary N) is 1. The number of rotatable bonds is 5. The van der Waals surface area contributed by atoms with Gasteiger partial charge in [-0.1, -0.05) is 37.3 Å².